The van der Waals surface area contributed by atoms with Crippen molar-refractivity contribution in [3.8, 4) is 11.8 Å². The standard InChI is InChI=1S/C13H15BrN2O/c1-17-12-4-3-10(14)7-11(12)16-9-13(8-15)5-2-6-13/h3-4,7,16H,2,5-6,9H2,1H3. The first-order valence-corrected chi connectivity index (χ1v) is 6.47. The van der Waals surface area contributed by atoms with Gasteiger partial charge in [-0.25, -0.2) is 0 Å². The summed E-state index contributed by atoms with van der Waals surface area (Å²) in [5.74, 6) is 0.806. The molecule has 1 saturated carbocycles. The molecular formula is C13H15BrN2O. The van der Waals surface area contributed by atoms with E-state index in [1.807, 2.05) is 18.2 Å². The minimum Gasteiger partial charge on any atom is -0.495 e. The summed E-state index contributed by atoms with van der Waals surface area (Å²) in [6, 6.07) is 8.24. The summed E-state index contributed by atoms with van der Waals surface area (Å²) >= 11 is 3.43. The Morgan fingerprint density at radius 3 is 2.82 bits per heavy atom. The summed E-state index contributed by atoms with van der Waals surface area (Å²) in [6.07, 6.45) is 3.14. The Labute approximate surface area is 110 Å². The van der Waals surface area contributed by atoms with Crippen molar-refractivity contribution in [1.82, 2.24) is 0 Å². The summed E-state index contributed by atoms with van der Waals surface area (Å²) in [7, 11) is 1.65. The fraction of sp³-hybridized carbons (Fsp3) is 0.462. The van der Waals surface area contributed by atoms with Gasteiger partial charge in [0, 0.05) is 11.0 Å². The average Bonchev–Trinajstić information content (AvgIpc) is 2.28. The Morgan fingerprint density at radius 1 is 1.53 bits per heavy atom. The highest BCUT2D eigenvalue weighted by molar-refractivity contribution is 9.10. The maximum atomic E-state index is 9.17. The van der Waals surface area contributed by atoms with Gasteiger partial charge in [0.05, 0.1) is 24.3 Å². The van der Waals surface area contributed by atoms with Crippen LogP contribution in [0.1, 0.15) is 19.3 Å². The SMILES string of the molecule is COc1ccc(Br)cc1NCC1(C#N)CCC1. The molecule has 17 heavy (non-hydrogen) atoms. The second-order valence-electron chi connectivity index (χ2n) is 4.44. The zero-order valence-electron chi connectivity index (χ0n) is 9.79. The lowest BCUT2D eigenvalue weighted by Gasteiger charge is -2.35. The van der Waals surface area contributed by atoms with Gasteiger partial charge < -0.3 is 10.1 Å². The number of nitrogens with zero attached hydrogens (tertiary/aromatic N) is 1. The van der Waals surface area contributed by atoms with Gasteiger partial charge >= 0.3 is 0 Å². The summed E-state index contributed by atoms with van der Waals surface area (Å²) < 4.78 is 6.28. The molecule has 0 amide bonds. The molecule has 0 saturated heterocycles. The third-order valence-electron chi connectivity index (χ3n) is 3.33. The monoisotopic (exact) mass is 294 g/mol. The molecule has 3 nitrogen and oxygen atoms in total. The van der Waals surface area contributed by atoms with E-state index in [9.17, 15) is 0 Å². The van der Waals surface area contributed by atoms with E-state index in [1.165, 1.54) is 0 Å². The maximum absolute atomic E-state index is 9.17. The number of hydrogen-bond donors (Lipinski definition) is 1. The van der Waals surface area contributed by atoms with Gasteiger partial charge in [0.1, 0.15) is 5.75 Å². The summed E-state index contributed by atoms with van der Waals surface area (Å²) in [6.45, 7) is 0.691. The number of nitriles is 1. The lowest BCUT2D eigenvalue weighted by atomic mass is 9.70. The van der Waals surface area contributed by atoms with Gasteiger partial charge in [-0.2, -0.15) is 5.26 Å². The topological polar surface area (TPSA) is 45.0 Å². The predicted octanol–water partition coefficient (Wildman–Crippen LogP) is 3.56. The molecule has 1 fully saturated rings. The highest BCUT2D eigenvalue weighted by atomic mass is 79.9. The van der Waals surface area contributed by atoms with E-state index >= 15 is 0 Å². The van der Waals surface area contributed by atoms with Crippen molar-refractivity contribution in [3.63, 3.8) is 0 Å². The normalized spacial score (nSPS) is 16.8. The summed E-state index contributed by atoms with van der Waals surface area (Å²) in [4.78, 5) is 0. The number of ether oxygens (including phenoxy) is 1. The van der Waals surface area contributed by atoms with Crippen LogP contribution in [0.5, 0.6) is 5.75 Å². The van der Waals surface area contributed by atoms with Crippen LogP contribution in [0.2, 0.25) is 0 Å². The summed E-state index contributed by atoms with van der Waals surface area (Å²) in [5.41, 5.74) is 0.760. The van der Waals surface area contributed by atoms with Gasteiger partial charge in [-0.3, -0.25) is 0 Å². The van der Waals surface area contributed by atoms with E-state index < -0.39 is 0 Å². The fourth-order valence-corrected chi connectivity index (χ4v) is 2.38. The molecule has 0 radical (unpaired) electrons. The second kappa shape index (κ2) is 4.97. The Morgan fingerprint density at radius 2 is 2.29 bits per heavy atom. The summed E-state index contributed by atoms with van der Waals surface area (Å²) in [5, 5.41) is 12.5. The van der Waals surface area contributed by atoms with Crippen LogP contribution < -0.4 is 10.1 Å². The number of anilines is 1. The van der Waals surface area contributed by atoms with E-state index in [0.717, 1.165) is 35.2 Å². The highest BCUT2D eigenvalue weighted by Gasteiger charge is 2.37. The molecule has 1 aliphatic carbocycles. The number of benzene rings is 1. The van der Waals surface area contributed by atoms with Gasteiger partial charge in [0.25, 0.3) is 0 Å². The van der Waals surface area contributed by atoms with Crippen molar-refractivity contribution in [2.24, 2.45) is 5.41 Å². The van der Waals surface area contributed by atoms with Gasteiger partial charge in [-0.1, -0.05) is 22.4 Å². The zero-order chi connectivity index (χ0) is 12.3. The zero-order valence-corrected chi connectivity index (χ0v) is 11.4. The molecular weight excluding hydrogens is 280 g/mol. The second-order valence-corrected chi connectivity index (χ2v) is 5.36. The molecule has 0 aromatic heterocycles. The van der Waals surface area contributed by atoms with E-state index in [2.05, 4.69) is 27.3 Å². The van der Waals surface area contributed by atoms with Crippen LogP contribution in [-0.2, 0) is 0 Å². The number of nitrogens with one attached hydrogen (secondary N) is 1. The predicted molar refractivity (Wildman–Crippen MR) is 71.1 cm³/mol. The minimum absolute atomic E-state index is 0.173. The fourth-order valence-electron chi connectivity index (χ4n) is 2.01. The number of halogens is 1. The minimum atomic E-state index is -0.173. The number of hydrogen-bond acceptors (Lipinski definition) is 3. The van der Waals surface area contributed by atoms with Crippen molar-refractivity contribution in [1.29, 1.82) is 5.26 Å². The molecule has 0 unspecified atom stereocenters. The molecule has 1 aromatic carbocycles. The maximum Gasteiger partial charge on any atom is 0.142 e. The van der Waals surface area contributed by atoms with Crippen molar-refractivity contribution in [3.05, 3.63) is 22.7 Å². The molecule has 0 spiro atoms. The number of methoxy groups -OCH3 is 1. The van der Waals surface area contributed by atoms with Crippen LogP contribution in [0.15, 0.2) is 22.7 Å². The lowest BCUT2D eigenvalue weighted by Crippen LogP contribution is -2.35. The van der Waals surface area contributed by atoms with Crippen molar-refractivity contribution < 1.29 is 4.74 Å². The average molecular weight is 295 g/mol. The lowest BCUT2D eigenvalue weighted by molar-refractivity contribution is 0.233. The van der Waals surface area contributed by atoms with Gasteiger partial charge in [-0.15, -0.1) is 0 Å². The molecule has 2 rings (SSSR count). The third kappa shape index (κ3) is 2.55. The van der Waals surface area contributed by atoms with E-state index in [4.69, 9.17) is 10.00 Å². The molecule has 1 N–H and O–H groups in total. The van der Waals surface area contributed by atoms with Crippen molar-refractivity contribution in [2.45, 2.75) is 19.3 Å². The van der Waals surface area contributed by atoms with Gasteiger partial charge in [0.2, 0.25) is 0 Å². The van der Waals surface area contributed by atoms with Crippen LogP contribution in [0.4, 0.5) is 5.69 Å². The Hall–Kier alpha value is -1.21. The van der Waals surface area contributed by atoms with Crippen LogP contribution in [-0.4, -0.2) is 13.7 Å². The molecule has 1 aliphatic rings. The molecule has 0 aliphatic heterocycles. The third-order valence-corrected chi connectivity index (χ3v) is 3.82. The highest BCUT2D eigenvalue weighted by Crippen LogP contribution is 2.41. The van der Waals surface area contributed by atoms with Gasteiger partial charge in [-0.05, 0) is 31.0 Å². The first kappa shape index (κ1) is 12.3. The van der Waals surface area contributed by atoms with E-state index in [-0.39, 0.29) is 5.41 Å². The van der Waals surface area contributed by atoms with E-state index in [0.29, 0.717) is 6.54 Å². The molecule has 90 valence electrons. The Bertz CT molecular complexity index is 449. The number of rotatable bonds is 4. The molecule has 0 heterocycles. The van der Waals surface area contributed by atoms with Gasteiger partial charge in [0.15, 0.2) is 0 Å². The first-order valence-electron chi connectivity index (χ1n) is 5.68. The molecule has 4 heteroatoms. The van der Waals surface area contributed by atoms with Crippen LogP contribution in [0, 0.1) is 16.7 Å². The first-order chi connectivity index (χ1) is 8.19. The molecule has 0 bridgehead atoms. The van der Waals surface area contributed by atoms with Crippen LogP contribution >= 0.6 is 15.9 Å². The quantitative estimate of drug-likeness (QED) is 0.923. The molecule has 0 atom stereocenters. The largest absolute Gasteiger partial charge is 0.495 e. The van der Waals surface area contributed by atoms with E-state index in [1.54, 1.807) is 7.11 Å². The Kier molecular flexibility index (Phi) is 3.58. The van der Waals surface area contributed by atoms with Crippen LogP contribution in [0.3, 0.4) is 0 Å². The van der Waals surface area contributed by atoms with Crippen LogP contribution in [0.25, 0.3) is 0 Å². The van der Waals surface area contributed by atoms with Crippen molar-refractivity contribution >= 4 is 21.6 Å². The molecule has 1 aromatic rings. The Balaban J connectivity index is 2.08. The van der Waals surface area contributed by atoms with Crippen molar-refractivity contribution in [2.75, 3.05) is 19.0 Å². The smallest absolute Gasteiger partial charge is 0.142 e.